The monoisotopic (exact) mass is 300 g/mol. The molecule has 1 N–H and O–H groups in total. The molecule has 0 saturated heterocycles. The summed E-state index contributed by atoms with van der Waals surface area (Å²) in [6, 6.07) is 7.31. The molecule has 0 atom stereocenters. The maximum atomic E-state index is 12.0. The molecule has 22 heavy (non-hydrogen) atoms. The molecule has 7 nitrogen and oxygen atoms in total. The number of anilines is 2. The second-order valence-corrected chi connectivity index (χ2v) is 5.00. The summed E-state index contributed by atoms with van der Waals surface area (Å²) < 4.78 is 6.98. The van der Waals surface area contributed by atoms with Gasteiger partial charge in [0.05, 0.1) is 17.6 Å². The van der Waals surface area contributed by atoms with Crippen LogP contribution in [0.15, 0.2) is 36.7 Å². The van der Waals surface area contributed by atoms with Crippen molar-refractivity contribution in [2.24, 2.45) is 7.05 Å². The van der Waals surface area contributed by atoms with E-state index >= 15 is 0 Å². The van der Waals surface area contributed by atoms with Gasteiger partial charge in [-0.3, -0.25) is 14.3 Å². The maximum Gasteiger partial charge on any atom is 0.265 e. The van der Waals surface area contributed by atoms with Crippen molar-refractivity contribution in [1.82, 2.24) is 9.78 Å². The number of nitrogens with one attached hydrogen (secondary N) is 1. The minimum atomic E-state index is -0.162. The highest BCUT2D eigenvalue weighted by Gasteiger charge is 2.25. The molecule has 2 heterocycles. The number of rotatable bonds is 4. The number of carbonyl (C=O) groups excluding carboxylic acids is 2. The van der Waals surface area contributed by atoms with Crippen molar-refractivity contribution >= 4 is 23.2 Å². The summed E-state index contributed by atoms with van der Waals surface area (Å²) in [5.74, 6) is 0.354. The van der Waals surface area contributed by atoms with Gasteiger partial charge < -0.3 is 15.0 Å². The van der Waals surface area contributed by atoms with Crippen LogP contribution in [0.25, 0.3) is 0 Å². The molecule has 0 radical (unpaired) electrons. The van der Waals surface area contributed by atoms with Crippen LogP contribution in [0.3, 0.4) is 0 Å². The summed E-state index contributed by atoms with van der Waals surface area (Å²) in [7, 11) is 1.78. The van der Waals surface area contributed by atoms with E-state index in [4.69, 9.17) is 4.74 Å². The predicted molar refractivity (Wildman–Crippen MR) is 80.7 cm³/mol. The highest BCUT2D eigenvalue weighted by atomic mass is 16.5. The highest BCUT2D eigenvalue weighted by Crippen LogP contribution is 2.31. The lowest BCUT2D eigenvalue weighted by molar-refractivity contribution is -0.121. The Balaban J connectivity index is 1.63. The summed E-state index contributed by atoms with van der Waals surface area (Å²) in [5.41, 5.74) is 1.34. The van der Waals surface area contributed by atoms with Gasteiger partial charge in [-0.2, -0.15) is 5.10 Å². The van der Waals surface area contributed by atoms with E-state index < -0.39 is 0 Å². The minimum Gasteiger partial charge on any atom is -0.482 e. The molecule has 0 bridgehead atoms. The first-order valence-corrected chi connectivity index (χ1v) is 6.94. The van der Waals surface area contributed by atoms with Crippen molar-refractivity contribution in [3.05, 3.63) is 36.7 Å². The molecule has 1 aliphatic rings. The van der Waals surface area contributed by atoms with Crippen molar-refractivity contribution in [2.75, 3.05) is 23.4 Å². The van der Waals surface area contributed by atoms with Crippen molar-refractivity contribution in [1.29, 1.82) is 0 Å². The van der Waals surface area contributed by atoms with Gasteiger partial charge in [0, 0.05) is 26.2 Å². The fraction of sp³-hybridized carbons (Fsp3) is 0.267. The third-order valence-corrected chi connectivity index (χ3v) is 3.36. The van der Waals surface area contributed by atoms with Crippen LogP contribution in [0.1, 0.15) is 6.42 Å². The smallest absolute Gasteiger partial charge is 0.265 e. The van der Waals surface area contributed by atoms with E-state index in [0.29, 0.717) is 23.7 Å². The zero-order chi connectivity index (χ0) is 15.5. The van der Waals surface area contributed by atoms with Crippen LogP contribution in [-0.4, -0.2) is 34.7 Å². The Hall–Kier alpha value is -2.83. The first kappa shape index (κ1) is 14.1. The Labute approximate surface area is 127 Å². The maximum absolute atomic E-state index is 12.0. The first-order valence-electron chi connectivity index (χ1n) is 6.94. The lowest BCUT2D eigenvalue weighted by atomic mass is 10.2. The standard InChI is InChI=1S/C15H16N4O3/c1-18-9-11(8-16-18)17-14(20)6-7-19-12-4-2-3-5-13(12)22-10-15(19)21/h2-5,8-9H,6-7,10H2,1H3,(H,17,20). The number of amides is 2. The van der Waals surface area contributed by atoms with Gasteiger partial charge in [0.25, 0.3) is 5.91 Å². The topological polar surface area (TPSA) is 76.5 Å². The molecule has 2 aromatic rings. The third-order valence-electron chi connectivity index (χ3n) is 3.36. The van der Waals surface area contributed by atoms with E-state index in [1.807, 2.05) is 24.3 Å². The highest BCUT2D eigenvalue weighted by molar-refractivity contribution is 5.99. The van der Waals surface area contributed by atoms with Gasteiger partial charge in [-0.1, -0.05) is 12.1 Å². The molecule has 1 aromatic carbocycles. The number of fused-ring (bicyclic) bond motifs is 1. The Morgan fingerprint density at radius 3 is 3.00 bits per heavy atom. The molecule has 3 rings (SSSR count). The van der Waals surface area contributed by atoms with Crippen molar-refractivity contribution < 1.29 is 14.3 Å². The third kappa shape index (κ3) is 2.93. The molecule has 0 aliphatic carbocycles. The number of benzene rings is 1. The molecule has 0 saturated carbocycles. The number of hydrogen-bond donors (Lipinski definition) is 1. The van der Waals surface area contributed by atoms with Gasteiger partial charge in [-0.15, -0.1) is 0 Å². The number of aryl methyl sites for hydroxylation is 1. The molecule has 2 amide bonds. The van der Waals surface area contributed by atoms with E-state index in [9.17, 15) is 9.59 Å². The van der Waals surface area contributed by atoms with Crippen LogP contribution in [0.5, 0.6) is 5.75 Å². The molecule has 7 heteroatoms. The normalized spacial score (nSPS) is 13.5. The second kappa shape index (κ2) is 5.88. The number of aromatic nitrogens is 2. The summed E-state index contributed by atoms with van der Waals surface area (Å²) in [5, 5.41) is 6.73. The van der Waals surface area contributed by atoms with E-state index in [1.165, 1.54) is 0 Å². The summed E-state index contributed by atoms with van der Waals surface area (Å²) in [4.78, 5) is 25.5. The van der Waals surface area contributed by atoms with Gasteiger partial charge in [-0.05, 0) is 12.1 Å². The average molecular weight is 300 g/mol. The second-order valence-electron chi connectivity index (χ2n) is 5.00. The molecular formula is C15H16N4O3. The molecule has 1 aliphatic heterocycles. The van der Waals surface area contributed by atoms with Gasteiger partial charge in [0.15, 0.2) is 6.61 Å². The Morgan fingerprint density at radius 1 is 1.41 bits per heavy atom. The number of ether oxygens (including phenoxy) is 1. The van der Waals surface area contributed by atoms with Gasteiger partial charge in [0.2, 0.25) is 5.91 Å². The van der Waals surface area contributed by atoms with E-state index in [2.05, 4.69) is 10.4 Å². The fourth-order valence-electron chi connectivity index (χ4n) is 2.32. The number of hydrogen-bond acceptors (Lipinski definition) is 4. The zero-order valence-corrected chi connectivity index (χ0v) is 12.2. The van der Waals surface area contributed by atoms with Crippen LogP contribution < -0.4 is 15.0 Å². The summed E-state index contributed by atoms with van der Waals surface area (Å²) in [6.45, 7) is 0.312. The zero-order valence-electron chi connectivity index (χ0n) is 12.2. The molecule has 114 valence electrons. The Bertz CT molecular complexity index is 710. The largest absolute Gasteiger partial charge is 0.482 e. The lowest BCUT2D eigenvalue weighted by Gasteiger charge is -2.29. The van der Waals surface area contributed by atoms with Crippen LogP contribution in [0, 0.1) is 0 Å². The molecule has 0 unspecified atom stereocenters. The van der Waals surface area contributed by atoms with E-state index in [-0.39, 0.29) is 24.8 Å². The predicted octanol–water partition coefficient (Wildman–Crippen LogP) is 1.17. The number of carbonyl (C=O) groups is 2. The van der Waals surface area contributed by atoms with Crippen molar-refractivity contribution in [3.63, 3.8) is 0 Å². The number of nitrogens with zero attached hydrogens (tertiary/aromatic N) is 3. The fourth-order valence-corrected chi connectivity index (χ4v) is 2.32. The molecular weight excluding hydrogens is 284 g/mol. The van der Waals surface area contributed by atoms with E-state index in [1.54, 1.807) is 29.0 Å². The Morgan fingerprint density at radius 2 is 2.23 bits per heavy atom. The van der Waals surface area contributed by atoms with Crippen molar-refractivity contribution in [3.8, 4) is 5.75 Å². The SMILES string of the molecule is Cn1cc(NC(=O)CCN2C(=O)COc3ccccc32)cn1. The first-order chi connectivity index (χ1) is 10.6. The number of para-hydroxylation sites is 2. The minimum absolute atomic E-state index is 0.00123. The Kier molecular flexibility index (Phi) is 3.78. The quantitative estimate of drug-likeness (QED) is 0.919. The van der Waals surface area contributed by atoms with Gasteiger partial charge in [0.1, 0.15) is 5.75 Å². The molecule has 0 spiro atoms. The molecule has 1 aromatic heterocycles. The summed E-state index contributed by atoms with van der Waals surface area (Å²) >= 11 is 0. The van der Waals surface area contributed by atoms with E-state index in [0.717, 1.165) is 0 Å². The van der Waals surface area contributed by atoms with Crippen LogP contribution >= 0.6 is 0 Å². The lowest BCUT2D eigenvalue weighted by Crippen LogP contribution is -2.40. The van der Waals surface area contributed by atoms with Crippen LogP contribution in [0.4, 0.5) is 11.4 Å². The molecule has 0 fully saturated rings. The van der Waals surface area contributed by atoms with Crippen molar-refractivity contribution in [2.45, 2.75) is 6.42 Å². The summed E-state index contributed by atoms with van der Waals surface area (Å²) in [6.07, 6.45) is 3.50. The average Bonchev–Trinajstić information content (AvgIpc) is 2.91. The van der Waals surface area contributed by atoms with Crippen LogP contribution in [-0.2, 0) is 16.6 Å². The van der Waals surface area contributed by atoms with Gasteiger partial charge >= 0.3 is 0 Å². The van der Waals surface area contributed by atoms with Gasteiger partial charge in [-0.25, -0.2) is 0 Å². The van der Waals surface area contributed by atoms with Crippen LogP contribution in [0.2, 0.25) is 0 Å².